The van der Waals surface area contributed by atoms with Crippen molar-refractivity contribution in [2.45, 2.75) is 26.8 Å². The third-order valence-corrected chi connectivity index (χ3v) is 9.73. The van der Waals surface area contributed by atoms with Gasteiger partial charge in [-0.25, -0.2) is 9.79 Å². The van der Waals surface area contributed by atoms with Crippen molar-refractivity contribution in [3.63, 3.8) is 0 Å². The third kappa shape index (κ3) is 6.44. The van der Waals surface area contributed by atoms with Gasteiger partial charge in [0.2, 0.25) is 0 Å². The van der Waals surface area contributed by atoms with E-state index in [2.05, 4.69) is 71.1 Å². The molecule has 1 atom stereocenters. The summed E-state index contributed by atoms with van der Waals surface area (Å²) >= 11 is 1.28. The van der Waals surface area contributed by atoms with Crippen LogP contribution in [0, 0.1) is 6.92 Å². The van der Waals surface area contributed by atoms with Crippen LogP contribution in [0.1, 0.15) is 36.6 Å². The van der Waals surface area contributed by atoms with E-state index in [1.54, 1.807) is 10.6 Å². The number of methoxy groups -OCH3 is 1. The summed E-state index contributed by atoms with van der Waals surface area (Å²) in [5, 5.41) is 0. The molecule has 51 heavy (non-hydrogen) atoms. The number of benzene rings is 4. The predicted molar refractivity (Wildman–Crippen MR) is 201 cm³/mol. The number of carbonyl (C=O) groups is 1. The normalized spacial score (nSPS) is 14.0. The minimum atomic E-state index is -0.795. The first-order chi connectivity index (χ1) is 24.9. The smallest absolute Gasteiger partial charge is 0.337 e. The highest BCUT2D eigenvalue weighted by Gasteiger charge is 2.32. The third-order valence-electron chi connectivity index (χ3n) is 8.73. The van der Waals surface area contributed by atoms with Gasteiger partial charge in [0, 0.05) is 17.5 Å². The Bertz CT molecular complexity index is 2420. The molecule has 7 rings (SSSR count). The van der Waals surface area contributed by atoms with E-state index < -0.39 is 12.0 Å². The Morgan fingerprint density at radius 3 is 2.18 bits per heavy atom. The van der Waals surface area contributed by atoms with Crippen LogP contribution >= 0.6 is 11.3 Å². The average Bonchev–Trinajstić information content (AvgIpc) is 3.70. The summed E-state index contributed by atoms with van der Waals surface area (Å²) in [6.45, 7) is 6.75. The van der Waals surface area contributed by atoms with Gasteiger partial charge in [-0.3, -0.25) is 9.36 Å². The standard InChI is InChI=1S/C42H37N3O5S/c1-5-49-35-22-19-30(24-36(35)50-6-2)39-33(41(47)48-4)26-43-42-45(39)40(46)37(51-42)25-31-23-34(28-13-9-7-10-14-28)44(32-20-17-27(3)18-21-32)38(31)29-15-11-8-12-16-29/h7-26,39H,5-6H2,1-4H3/b37-25+/t39-/m1/s1. The molecule has 8 nitrogen and oxygen atoms in total. The second-order valence-electron chi connectivity index (χ2n) is 12.0. The van der Waals surface area contributed by atoms with E-state index in [0.29, 0.717) is 39.6 Å². The maximum Gasteiger partial charge on any atom is 0.337 e. The van der Waals surface area contributed by atoms with E-state index in [1.807, 2.05) is 68.5 Å². The molecule has 9 heteroatoms. The molecule has 6 aromatic rings. The zero-order valence-corrected chi connectivity index (χ0v) is 29.6. The monoisotopic (exact) mass is 695 g/mol. The fourth-order valence-electron chi connectivity index (χ4n) is 6.44. The van der Waals surface area contributed by atoms with Gasteiger partial charge in [0.25, 0.3) is 5.56 Å². The van der Waals surface area contributed by atoms with Crippen LogP contribution in [0.4, 0.5) is 0 Å². The molecule has 0 saturated heterocycles. The van der Waals surface area contributed by atoms with Crippen LogP contribution in [-0.2, 0) is 9.53 Å². The number of thiazole rings is 1. The van der Waals surface area contributed by atoms with Gasteiger partial charge in [0.15, 0.2) is 16.3 Å². The first-order valence-electron chi connectivity index (χ1n) is 16.8. The second-order valence-corrected chi connectivity index (χ2v) is 13.0. The molecular weight excluding hydrogens is 659 g/mol. The fraction of sp³-hybridized carbons (Fsp3) is 0.167. The van der Waals surface area contributed by atoms with Crippen LogP contribution in [0.15, 0.2) is 131 Å². The Morgan fingerprint density at radius 1 is 0.843 bits per heavy atom. The van der Waals surface area contributed by atoms with Gasteiger partial charge in [-0.1, -0.05) is 95.8 Å². The van der Waals surface area contributed by atoms with Crippen molar-refractivity contribution in [3.8, 4) is 39.7 Å². The van der Waals surface area contributed by atoms with E-state index in [1.165, 1.54) is 24.6 Å². The molecule has 0 amide bonds. The highest BCUT2D eigenvalue weighted by molar-refractivity contribution is 7.07. The quantitative estimate of drug-likeness (QED) is 0.141. The maximum atomic E-state index is 14.6. The average molecular weight is 696 g/mol. The molecule has 0 aliphatic carbocycles. The summed E-state index contributed by atoms with van der Waals surface area (Å²) in [6.07, 6.45) is 3.44. The highest BCUT2D eigenvalue weighted by atomic mass is 32.1. The van der Waals surface area contributed by atoms with Crippen molar-refractivity contribution in [2.24, 2.45) is 4.99 Å². The molecule has 4 aromatic carbocycles. The highest BCUT2D eigenvalue weighted by Crippen LogP contribution is 2.37. The molecule has 0 saturated carbocycles. The summed E-state index contributed by atoms with van der Waals surface area (Å²) in [4.78, 5) is 32.8. The summed E-state index contributed by atoms with van der Waals surface area (Å²) < 4.78 is 21.2. The van der Waals surface area contributed by atoms with Gasteiger partial charge in [0.1, 0.15) is 0 Å². The van der Waals surface area contributed by atoms with E-state index >= 15 is 0 Å². The van der Waals surface area contributed by atoms with Crippen LogP contribution in [0.5, 0.6) is 11.5 Å². The molecule has 0 radical (unpaired) electrons. The number of hydrogen-bond acceptors (Lipinski definition) is 7. The second kappa shape index (κ2) is 14.5. The molecule has 2 aromatic heterocycles. The zero-order chi connectivity index (χ0) is 35.5. The number of esters is 1. The fourth-order valence-corrected chi connectivity index (χ4v) is 7.40. The van der Waals surface area contributed by atoms with Crippen molar-refractivity contribution in [1.29, 1.82) is 0 Å². The van der Waals surface area contributed by atoms with Crippen LogP contribution < -0.4 is 24.4 Å². The lowest BCUT2D eigenvalue weighted by atomic mass is 9.97. The topological polar surface area (TPSA) is 84.0 Å². The largest absolute Gasteiger partial charge is 0.490 e. The maximum absolute atomic E-state index is 14.6. The van der Waals surface area contributed by atoms with Crippen LogP contribution in [0.2, 0.25) is 0 Å². The van der Waals surface area contributed by atoms with Crippen molar-refractivity contribution in [2.75, 3.05) is 20.3 Å². The molecule has 256 valence electrons. The summed E-state index contributed by atoms with van der Waals surface area (Å²) in [5.41, 5.74) is 7.66. The van der Waals surface area contributed by atoms with Gasteiger partial charge in [-0.05, 0) is 73.9 Å². The number of ether oxygens (including phenoxy) is 3. The van der Waals surface area contributed by atoms with Crippen molar-refractivity contribution >= 4 is 23.4 Å². The molecule has 0 bridgehead atoms. The number of rotatable bonds is 10. The van der Waals surface area contributed by atoms with Gasteiger partial charge in [0.05, 0.1) is 47.9 Å². The minimum absolute atomic E-state index is 0.241. The number of carbonyl (C=O) groups excluding carboxylic acids is 1. The Balaban J connectivity index is 1.47. The summed E-state index contributed by atoms with van der Waals surface area (Å²) in [7, 11) is 1.32. The number of aromatic nitrogens is 2. The number of hydrogen-bond donors (Lipinski definition) is 0. The summed E-state index contributed by atoms with van der Waals surface area (Å²) in [6, 6.07) is 35.7. The Labute approximate surface area is 299 Å². The van der Waals surface area contributed by atoms with E-state index in [4.69, 9.17) is 14.2 Å². The molecule has 0 unspecified atom stereocenters. The SMILES string of the molecule is CCOc1ccc([C@@H]2C(C(=O)OC)=CN=c3s/c(=C/c4cc(-c5ccccc5)n(-c5ccc(C)cc5)c4-c4ccccc4)c(=O)n32)cc1OCC. The molecule has 0 N–H and O–H groups in total. The number of fused-ring (bicyclic) bond motifs is 1. The Morgan fingerprint density at radius 2 is 1.51 bits per heavy atom. The molecule has 3 heterocycles. The van der Waals surface area contributed by atoms with E-state index in [0.717, 1.165) is 39.3 Å². The van der Waals surface area contributed by atoms with Crippen LogP contribution in [0.3, 0.4) is 0 Å². The van der Waals surface area contributed by atoms with Crippen LogP contribution in [-0.4, -0.2) is 35.4 Å². The lowest BCUT2D eigenvalue weighted by Gasteiger charge is -2.23. The van der Waals surface area contributed by atoms with Gasteiger partial charge in [-0.15, -0.1) is 0 Å². The van der Waals surface area contributed by atoms with Crippen molar-refractivity contribution in [3.05, 3.63) is 157 Å². The minimum Gasteiger partial charge on any atom is -0.490 e. The van der Waals surface area contributed by atoms with E-state index in [-0.39, 0.29) is 11.1 Å². The van der Waals surface area contributed by atoms with Gasteiger partial charge in [-0.2, -0.15) is 0 Å². The Hall–Kier alpha value is -5.93. The van der Waals surface area contributed by atoms with Gasteiger partial charge >= 0.3 is 5.97 Å². The predicted octanol–water partition coefficient (Wildman–Crippen LogP) is 7.25. The van der Waals surface area contributed by atoms with Crippen molar-refractivity contribution in [1.82, 2.24) is 9.13 Å². The lowest BCUT2D eigenvalue weighted by Crippen LogP contribution is -2.39. The number of aryl methyl sites for hydroxylation is 1. The molecule has 1 aliphatic heterocycles. The van der Waals surface area contributed by atoms with E-state index in [9.17, 15) is 9.59 Å². The molecule has 0 fully saturated rings. The molecule has 1 aliphatic rings. The van der Waals surface area contributed by atoms with Crippen LogP contribution in [0.25, 0.3) is 34.3 Å². The number of nitrogens with zero attached hydrogens (tertiary/aromatic N) is 3. The molecular formula is C42H37N3O5S. The first-order valence-corrected chi connectivity index (χ1v) is 17.7. The zero-order valence-electron chi connectivity index (χ0n) is 28.8. The Kier molecular flexibility index (Phi) is 9.55. The first kappa shape index (κ1) is 33.6. The molecule has 0 spiro atoms. The summed E-state index contributed by atoms with van der Waals surface area (Å²) in [5.74, 6) is 0.539. The lowest BCUT2D eigenvalue weighted by molar-refractivity contribution is -0.136. The van der Waals surface area contributed by atoms with Gasteiger partial charge < -0.3 is 18.8 Å². The van der Waals surface area contributed by atoms with Crippen molar-refractivity contribution < 1.29 is 19.0 Å².